The molecular formula is C18H25ClN2O. The molecule has 120 valence electrons. The summed E-state index contributed by atoms with van der Waals surface area (Å²) in [4.78, 5) is 15.1. The molecule has 1 spiro atoms. The van der Waals surface area contributed by atoms with Crippen LogP contribution in [-0.2, 0) is 16.6 Å². The monoisotopic (exact) mass is 320 g/mol. The van der Waals surface area contributed by atoms with E-state index >= 15 is 0 Å². The Labute approximate surface area is 138 Å². The van der Waals surface area contributed by atoms with Gasteiger partial charge in [-0.2, -0.15) is 0 Å². The second-order valence-electron chi connectivity index (χ2n) is 7.01. The largest absolute Gasteiger partial charge is 0.337 e. The van der Waals surface area contributed by atoms with Crippen LogP contribution in [0, 0.1) is 5.92 Å². The number of hydrogen-bond acceptors (Lipinski definition) is 2. The Kier molecular flexibility index (Phi) is 4.21. The van der Waals surface area contributed by atoms with E-state index in [1.807, 2.05) is 0 Å². The lowest BCUT2D eigenvalue weighted by atomic mass is 9.78. The molecule has 3 aliphatic rings. The maximum atomic E-state index is 13.0. The number of piperazine rings is 1. The van der Waals surface area contributed by atoms with Crippen molar-refractivity contribution in [2.75, 3.05) is 19.6 Å². The van der Waals surface area contributed by atoms with Crippen molar-refractivity contribution < 1.29 is 4.79 Å². The molecule has 2 fully saturated rings. The van der Waals surface area contributed by atoms with E-state index in [0.29, 0.717) is 11.9 Å². The highest BCUT2D eigenvalue weighted by Crippen LogP contribution is 2.60. The quantitative estimate of drug-likeness (QED) is 0.862. The van der Waals surface area contributed by atoms with Gasteiger partial charge in [-0.1, -0.05) is 24.3 Å². The van der Waals surface area contributed by atoms with E-state index in [-0.39, 0.29) is 23.7 Å². The molecule has 0 bridgehead atoms. The fourth-order valence-corrected chi connectivity index (χ4v) is 4.52. The lowest BCUT2D eigenvalue weighted by Crippen LogP contribution is -2.53. The molecule has 3 atom stereocenters. The molecule has 2 aliphatic carbocycles. The number of fused-ring (bicyclic) bond motifs is 2. The SMILES string of the molecule is C[C@@H]1CNCCN1C(=O)C1CC12CCCc1ccccc12.Cl. The summed E-state index contributed by atoms with van der Waals surface area (Å²) >= 11 is 0. The predicted molar refractivity (Wildman–Crippen MR) is 90.5 cm³/mol. The molecule has 4 heteroatoms. The Bertz CT molecular complexity index is 576. The number of carbonyl (C=O) groups is 1. The average Bonchev–Trinajstić information content (AvgIpc) is 3.22. The summed E-state index contributed by atoms with van der Waals surface area (Å²) in [7, 11) is 0. The number of benzene rings is 1. The first-order chi connectivity index (χ1) is 10.2. The topological polar surface area (TPSA) is 32.3 Å². The van der Waals surface area contributed by atoms with Crippen LogP contribution < -0.4 is 5.32 Å². The zero-order valence-electron chi connectivity index (χ0n) is 13.2. The standard InChI is InChI=1S/C18H24N2O.ClH/c1-13-12-19-9-10-20(13)17(21)16-11-18(16)8-4-6-14-5-2-3-7-15(14)18;/h2-3,5,7,13,16,19H,4,6,8-12H2,1H3;1H/t13-,16?,18?;/m1./s1. The van der Waals surface area contributed by atoms with Crippen LogP contribution in [0.15, 0.2) is 24.3 Å². The van der Waals surface area contributed by atoms with E-state index in [1.54, 1.807) is 0 Å². The number of hydrogen-bond donors (Lipinski definition) is 1. The molecule has 1 N–H and O–H groups in total. The molecule has 1 aromatic carbocycles. The number of nitrogens with one attached hydrogen (secondary N) is 1. The average molecular weight is 321 g/mol. The molecule has 0 aromatic heterocycles. The Morgan fingerprint density at radius 3 is 3.00 bits per heavy atom. The van der Waals surface area contributed by atoms with E-state index in [0.717, 1.165) is 26.1 Å². The second kappa shape index (κ2) is 5.86. The molecular weight excluding hydrogens is 296 g/mol. The summed E-state index contributed by atoms with van der Waals surface area (Å²) in [6, 6.07) is 9.13. The summed E-state index contributed by atoms with van der Waals surface area (Å²) in [5.41, 5.74) is 3.13. The molecule has 1 heterocycles. The van der Waals surface area contributed by atoms with Gasteiger partial charge in [-0.05, 0) is 43.7 Å². The summed E-state index contributed by atoms with van der Waals surface area (Å²) in [6.07, 6.45) is 4.68. The number of amides is 1. The van der Waals surface area contributed by atoms with E-state index in [2.05, 4.69) is 41.4 Å². The third-order valence-electron chi connectivity index (χ3n) is 5.78. The van der Waals surface area contributed by atoms with Crippen molar-refractivity contribution in [2.45, 2.75) is 44.1 Å². The van der Waals surface area contributed by atoms with E-state index in [4.69, 9.17) is 0 Å². The van der Waals surface area contributed by atoms with Gasteiger partial charge < -0.3 is 10.2 Å². The summed E-state index contributed by atoms with van der Waals surface area (Å²) < 4.78 is 0. The first-order valence-corrected chi connectivity index (χ1v) is 8.32. The lowest BCUT2D eigenvalue weighted by molar-refractivity contribution is -0.135. The van der Waals surface area contributed by atoms with Crippen LogP contribution in [0.5, 0.6) is 0 Å². The zero-order chi connectivity index (χ0) is 14.4. The maximum absolute atomic E-state index is 13.0. The highest BCUT2D eigenvalue weighted by molar-refractivity contribution is 5.85. The van der Waals surface area contributed by atoms with Gasteiger partial charge in [0.2, 0.25) is 5.91 Å². The number of carbonyl (C=O) groups excluding carboxylic acids is 1. The third-order valence-corrected chi connectivity index (χ3v) is 5.78. The van der Waals surface area contributed by atoms with Crippen molar-refractivity contribution in [3.63, 3.8) is 0 Å². The zero-order valence-corrected chi connectivity index (χ0v) is 14.0. The summed E-state index contributed by atoms with van der Waals surface area (Å²) in [5, 5.41) is 3.37. The smallest absolute Gasteiger partial charge is 0.226 e. The molecule has 1 aliphatic heterocycles. The van der Waals surface area contributed by atoms with Crippen molar-refractivity contribution in [1.29, 1.82) is 0 Å². The molecule has 2 unspecified atom stereocenters. The number of aryl methyl sites for hydroxylation is 1. The van der Waals surface area contributed by atoms with Crippen LogP contribution in [-0.4, -0.2) is 36.5 Å². The van der Waals surface area contributed by atoms with E-state index in [1.165, 1.54) is 30.4 Å². The van der Waals surface area contributed by atoms with E-state index in [9.17, 15) is 4.79 Å². The fourth-order valence-electron chi connectivity index (χ4n) is 4.52. The van der Waals surface area contributed by atoms with Crippen LogP contribution in [0.1, 0.15) is 37.3 Å². The van der Waals surface area contributed by atoms with Gasteiger partial charge in [-0.3, -0.25) is 4.79 Å². The first-order valence-electron chi connectivity index (χ1n) is 8.32. The van der Waals surface area contributed by atoms with Crippen molar-refractivity contribution in [2.24, 2.45) is 5.92 Å². The highest BCUT2D eigenvalue weighted by Gasteiger charge is 2.61. The van der Waals surface area contributed by atoms with Crippen LogP contribution in [0.2, 0.25) is 0 Å². The summed E-state index contributed by atoms with van der Waals surface area (Å²) in [6.45, 7) is 4.90. The van der Waals surface area contributed by atoms with Crippen LogP contribution in [0.4, 0.5) is 0 Å². The molecule has 1 aromatic rings. The van der Waals surface area contributed by atoms with Gasteiger partial charge in [0, 0.05) is 37.0 Å². The minimum atomic E-state index is 0. The molecule has 22 heavy (non-hydrogen) atoms. The van der Waals surface area contributed by atoms with Crippen molar-refractivity contribution in [3.05, 3.63) is 35.4 Å². The third kappa shape index (κ3) is 2.35. The van der Waals surface area contributed by atoms with Gasteiger partial charge in [0.15, 0.2) is 0 Å². The molecule has 1 amide bonds. The van der Waals surface area contributed by atoms with Gasteiger partial charge in [0.1, 0.15) is 0 Å². The van der Waals surface area contributed by atoms with Crippen LogP contribution in [0.3, 0.4) is 0 Å². The van der Waals surface area contributed by atoms with Gasteiger partial charge in [-0.25, -0.2) is 0 Å². The molecule has 1 saturated carbocycles. The second-order valence-corrected chi connectivity index (χ2v) is 7.01. The molecule has 3 nitrogen and oxygen atoms in total. The fraction of sp³-hybridized carbons (Fsp3) is 0.611. The van der Waals surface area contributed by atoms with Gasteiger partial charge in [0.05, 0.1) is 0 Å². The minimum Gasteiger partial charge on any atom is -0.337 e. The Morgan fingerprint density at radius 2 is 2.18 bits per heavy atom. The Balaban J connectivity index is 0.00000144. The Hall–Kier alpha value is -1.06. The minimum absolute atomic E-state index is 0. The van der Waals surface area contributed by atoms with Gasteiger partial charge in [-0.15, -0.1) is 12.4 Å². The molecule has 4 rings (SSSR count). The Morgan fingerprint density at radius 1 is 1.36 bits per heavy atom. The summed E-state index contributed by atoms with van der Waals surface area (Å²) in [5.74, 6) is 0.639. The molecule has 0 radical (unpaired) electrons. The van der Waals surface area contributed by atoms with Crippen molar-refractivity contribution >= 4 is 18.3 Å². The van der Waals surface area contributed by atoms with E-state index < -0.39 is 0 Å². The molecule has 1 saturated heterocycles. The van der Waals surface area contributed by atoms with Crippen molar-refractivity contribution in [3.8, 4) is 0 Å². The van der Waals surface area contributed by atoms with Gasteiger partial charge in [0.25, 0.3) is 0 Å². The maximum Gasteiger partial charge on any atom is 0.226 e. The highest BCUT2D eigenvalue weighted by atomic mass is 35.5. The predicted octanol–water partition coefficient (Wildman–Crippen LogP) is 2.52. The normalized spacial score (nSPS) is 33.0. The van der Waals surface area contributed by atoms with Gasteiger partial charge >= 0.3 is 0 Å². The lowest BCUT2D eigenvalue weighted by Gasteiger charge is -2.35. The number of halogens is 1. The number of rotatable bonds is 1. The number of nitrogens with zero attached hydrogens (tertiary/aromatic N) is 1. The van der Waals surface area contributed by atoms with Crippen LogP contribution >= 0.6 is 12.4 Å². The van der Waals surface area contributed by atoms with Crippen LogP contribution in [0.25, 0.3) is 0 Å². The first kappa shape index (κ1) is 15.8. The van der Waals surface area contributed by atoms with Crippen molar-refractivity contribution in [1.82, 2.24) is 10.2 Å².